The van der Waals surface area contributed by atoms with E-state index in [1.54, 1.807) is 0 Å². The Kier molecular flexibility index (Phi) is 2.37. The first-order valence-corrected chi connectivity index (χ1v) is 5.78. The van der Waals surface area contributed by atoms with Crippen molar-refractivity contribution in [3.8, 4) is 11.3 Å². The van der Waals surface area contributed by atoms with Crippen LogP contribution in [-0.2, 0) is 7.05 Å². The first-order valence-electron chi connectivity index (χ1n) is 5.78. The van der Waals surface area contributed by atoms with E-state index in [-0.39, 0.29) is 0 Å². The molecule has 1 aromatic heterocycles. The molecule has 0 saturated heterocycles. The van der Waals surface area contributed by atoms with Gasteiger partial charge in [-0.3, -0.25) is 0 Å². The number of benzene rings is 2. The summed E-state index contributed by atoms with van der Waals surface area (Å²) in [6.07, 6.45) is 2.18. The van der Waals surface area contributed by atoms with E-state index in [9.17, 15) is 0 Å². The number of aryl methyl sites for hydroxylation is 1. The molecule has 0 saturated carbocycles. The average Bonchev–Trinajstić information content (AvgIpc) is 2.39. The van der Waals surface area contributed by atoms with Crippen molar-refractivity contribution in [2.75, 3.05) is 0 Å². The van der Waals surface area contributed by atoms with Crippen LogP contribution in [0.5, 0.6) is 0 Å². The summed E-state index contributed by atoms with van der Waals surface area (Å²) in [7, 11) is 2.09. The lowest BCUT2D eigenvalue weighted by molar-refractivity contribution is -0.659. The zero-order valence-corrected chi connectivity index (χ0v) is 9.80. The van der Waals surface area contributed by atoms with Crippen molar-refractivity contribution < 1.29 is 4.57 Å². The summed E-state index contributed by atoms with van der Waals surface area (Å²) >= 11 is 0. The van der Waals surface area contributed by atoms with E-state index in [4.69, 9.17) is 0 Å². The maximum Gasteiger partial charge on any atom is 0.212 e. The summed E-state index contributed by atoms with van der Waals surface area (Å²) in [6.45, 7) is 0. The molecule has 3 aromatic rings. The number of rotatable bonds is 1. The number of hydrogen-bond donors (Lipinski definition) is 0. The Labute approximate surface area is 101 Å². The Morgan fingerprint density at radius 2 is 1.41 bits per heavy atom. The first-order chi connectivity index (χ1) is 8.34. The van der Waals surface area contributed by atoms with Gasteiger partial charge in [-0.05, 0) is 23.6 Å². The molecule has 0 N–H and O–H groups in total. The van der Waals surface area contributed by atoms with E-state index in [2.05, 4.69) is 72.4 Å². The van der Waals surface area contributed by atoms with Crippen molar-refractivity contribution in [3.05, 3.63) is 66.9 Å². The highest BCUT2D eigenvalue weighted by Gasteiger charge is 2.10. The van der Waals surface area contributed by atoms with E-state index < -0.39 is 0 Å². The van der Waals surface area contributed by atoms with Crippen LogP contribution in [0, 0.1) is 0 Å². The van der Waals surface area contributed by atoms with Crippen molar-refractivity contribution >= 4 is 10.8 Å². The van der Waals surface area contributed by atoms with Crippen molar-refractivity contribution in [1.82, 2.24) is 0 Å². The molecule has 0 spiro atoms. The lowest BCUT2D eigenvalue weighted by Crippen LogP contribution is -2.30. The second-order valence-electron chi connectivity index (χ2n) is 4.26. The van der Waals surface area contributed by atoms with Gasteiger partial charge in [0.05, 0.1) is 0 Å². The van der Waals surface area contributed by atoms with Crippen LogP contribution in [0.2, 0.25) is 0 Å². The molecule has 17 heavy (non-hydrogen) atoms. The van der Waals surface area contributed by atoms with Gasteiger partial charge in [0.1, 0.15) is 7.05 Å². The molecule has 82 valence electrons. The van der Waals surface area contributed by atoms with Crippen molar-refractivity contribution in [2.24, 2.45) is 7.05 Å². The summed E-state index contributed by atoms with van der Waals surface area (Å²) in [4.78, 5) is 0. The van der Waals surface area contributed by atoms with Gasteiger partial charge in [0.25, 0.3) is 0 Å². The molecule has 0 aliphatic heterocycles. The zero-order chi connectivity index (χ0) is 11.7. The van der Waals surface area contributed by atoms with E-state index in [1.807, 2.05) is 6.07 Å². The number of pyridine rings is 1. The molecule has 0 radical (unpaired) electrons. The minimum Gasteiger partial charge on any atom is -0.200 e. The molecular formula is C16H14N+. The molecular weight excluding hydrogens is 206 g/mol. The summed E-state index contributed by atoms with van der Waals surface area (Å²) in [5.41, 5.74) is 2.49. The minimum atomic E-state index is 1.24. The van der Waals surface area contributed by atoms with Crippen LogP contribution in [0.25, 0.3) is 22.0 Å². The summed E-state index contributed by atoms with van der Waals surface area (Å²) in [5, 5.41) is 2.55. The maximum atomic E-state index is 2.24. The van der Waals surface area contributed by atoms with E-state index in [0.29, 0.717) is 0 Å². The Bertz CT molecular complexity index is 657. The fourth-order valence-corrected chi connectivity index (χ4v) is 2.18. The van der Waals surface area contributed by atoms with Gasteiger partial charge in [-0.2, -0.15) is 0 Å². The smallest absolute Gasteiger partial charge is 0.200 e. The molecule has 0 atom stereocenters. The maximum absolute atomic E-state index is 2.24. The zero-order valence-electron chi connectivity index (χ0n) is 9.80. The van der Waals surface area contributed by atoms with E-state index >= 15 is 0 Å². The highest BCUT2D eigenvalue weighted by atomic mass is 14.9. The predicted molar refractivity (Wildman–Crippen MR) is 70.6 cm³/mol. The third-order valence-corrected chi connectivity index (χ3v) is 3.07. The van der Waals surface area contributed by atoms with Crippen LogP contribution in [0.1, 0.15) is 0 Å². The molecule has 1 nitrogen and oxygen atoms in total. The Morgan fingerprint density at radius 3 is 2.18 bits per heavy atom. The highest BCUT2D eigenvalue weighted by Crippen LogP contribution is 2.19. The molecule has 1 heterocycles. The lowest BCUT2D eigenvalue weighted by Gasteiger charge is -2.02. The fourth-order valence-electron chi connectivity index (χ4n) is 2.18. The normalized spacial score (nSPS) is 10.6. The highest BCUT2D eigenvalue weighted by molar-refractivity contribution is 5.83. The topological polar surface area (TPSA) is 3.88 Å². The van der Waals surface area contributed by atoms with Crippen LogP contribution in [0.4, 0.5) is 0 Å². The molecule has 0 fully saturated rings. The second kappa shape index (κ2) is 4.02. The van der Waals surface area contributed by atoms with Crippen LogP contribution < -0.4 is 4.57 Å². The summed E-state index contributed by atoms with van der Waals surface area (Å²) in [6, 6.07) is 21.2. The van der Waals surface area contributed by atoms with Gasteiger partial charge in [0, 0.05) is 17.0 Å². The van der Waals surface area contributed by atoms with Crippen LogP contribution >= 0.6 is 0 Å². The van der Waals surface area contributed by atoms with Crippen LogP contribution in [0.15, 0.2) is 66.9 Å². The van der Waals surface area contributed by atoms with Crippen molar-refractivity contribution in [1.29, 1.82) is 0 Å². The summed E-state index contributed by atoms with van der Waals surface area (Å²) < 4.78 is 2.18. The predicted octanol–water partition coefficient (Wildman–Crippen LogP) is 3.33. The van der Waals surface area contributed by atoms with E-state index in [1.165, 1.54) is 22.0 Å². The molecule has 1 heteroatoms. The second-order valence-corrected chi connectivity index (χ2v) is 4.26. The van der Waals surface area contributed by atoms with Crippen LogP contribution in [0.3, 0.4) is 0 Å². The van der Waals surface area contributed by atoms with Gasteiger partial charge in [0.15, 0.2) is 6.20 Å². The molecule has 3 rings (SSSR count). The lowest BCUT2D eigenvalue weighted by atomic mass is 10.1. The molecule has 0 unspecified atom stereocenters. The fraction of sp³-hybridized carbons (Fsp3) is 0.0625. The summed E-state index contributed by atoms with van der Waals surface area (Å²) in [5.74, 6) is 0. The van der Waals surface area contributed by atoms with Crippen LogP contribution in [-0.4, -0.2) is 0 Å². The standard InChI is InChI=1S/C16H14N/c1-17-12-15-10-6-5-9-14(15)11-16(17)13-7-3-2-4-8-13/h2-12H,1H3/q+1. The molecule has 0 amide bonds. The Morgan fingerprint density at radius 1 is 0.765 bits per heavy atom. The van der Waals surface area contributed by atoms with E-state index in [0.717, 1.165) is 0 Å². The molecule has 0 bridgehead atoms. The molecule has 2 aromatic carbocycles. The quantitative estimate of drug-likeness (QED) is 0.554. The third kappa shape index (κ3) is 1.80. The minimum absolute atomic E-state index is 1.24. The van der Waals surface area contributed by atoms with Gasteiger partial charge in [-0.15, -0.1) is 0 Å². The van der Waals surface area contributed by atoms with Gasteiger partial charge in [-0.1, -0.05) is 36.4 Å². The van der Waals surface area contributed by atoms with Gasteiger partial charge < -0.3 is 0 Å². The number of fused-ring (bicyclic) bond motifs is 1. The first kappa shape index (κ1) is 10.0. The largest absolute Gasteiger partial charge is 0.212 e. The number of hydrogen-bond acceptors (Lipinski definition) is 0. The number of aromatic nitrogens is 1. The SMILES string of the molecule is C[n+]1cc2ccccc2cc1-c1ccccc1. The molecule has 0 aliphatic rings. The van der Waals surface area contributed by atoms with Crippen molar-refractivity contribution in [3.63, 3.8) is 0 Å². The van der Waals surface area contributed by atoms with Gasteiger partial charge in [-0.25, -0.2) is 4.57 Å². The van der Waals surface area contributed by atoms with Gasteiger partial charge >= 0.3 is 0 Å². The Hall–Kier alpha value is -2.15. The Balaban J connectivity index is 2.27. The van der Waals surface area contributed by atoms with Gasteiger partial charge in [0.2, 0.25) is 5.69 Å². The average molecular weight is 220 g/mol. The molecule has 0 aliphatic carbocycles. The van der Waals surface area contributed by atoms with Crippen molar-refractivity contribution in [2.45, 2.75) is 0 Å². The monoisotopic (exact) mass is 220 g/mol. The number of nitrogens with zero attached hydrogens (tertiary/aromatic N) is 1. The third-order valence-electron chi connectivity index (χ3n) is 3.07.